The van der Waals surface area contributed by atoms with E-state index in [1.807, 2.05) is 30.3 Å². The molecule has 0 bridgehead atoms. The summed E-state index contributed by atoms with van der Waals surface area (Å²) in [6, 6.07) is 7.38. The molecule has 1 aliphatic rings. The average molecular weight is 377 g/mol. The van der Waals surface area contributed by atoms with Crippen molar-refractivity contribution in [3.8, 4) is 0 Å². The fourth-order valence-electron chi connectivity index (χ4n) is 2.75. The second-order valence-corrected chi connectivity index (χ2v) is 7.20. The van der Waals surface area contributed by atoms with Crippen LogP contribution in [-0.2, 0) is 16.0 Å². The largest absolute Gasteiger partial charge is 0.465 e. The van der Waals surface area contributed by atoms with Crippen molar-refractivity contribution in [2.45, 2.75) is 57.3 Å². The normalized spacial score (nSPS) is 16.9. The Balaban J connectivity index is 2.12. The third-order valence-corrected chi connectivity index (χ3v) is 4.43. The quantitative estimate of drug-likeness (QED) is 0.432. The number of nitrogens with one attached hydrogen (secondary N) is 3. The van der Waals surface area contributed by atoms with Gasteiger partial charge in [0.15, 0.2) is 6.10 Å². The van der Waals surface area contributed by atoms with Crippen LogP contribution in [0.2, 0.25) is 0 Å². The van der Waals surface area contributed by atoms with E-state index in [1.54, 1.807) is 13.8 Å². The van der Waals surface area contributed by atoms with Gasteiger partial charge in [-0.3, -0.25) is 9.59 Å². The summed E-state index contributed by atoms with van der Waals surface area (Å²) in [7, 11) is 0. The number of aliphatic hydroxyl groups excluding tert-OH is 1. The fourth-order valence-corrected chi connectivity index (χ4v) is 2.75. The van der Waals surface area contributed by atoms with Crippen LogP contribution >= 0.6 is 0 Å². The Kier molecular flexibility index (Phi) is 7.18. The highest BCUT2D eigenvalue weighted by molar-refractivity contribution is 5.87. The summed E-state index contributed by atoms with van der Waals surface area (Å²) in [6.45, 7) is 3.42. The van der Waals surface area contributed by atoms with Crippen molar-refractivity contribution in [2.75, 3.05) is 0 Å². The molecule has 0 radical (unpaired) electrons. The van der Waals surface area contributed by atoms with E-state index in [2.05, 4.69) is 16.0 Å². The van der Waals surface area contributed by atoms with Crippen LogP contribution < -0.4 is 16.0 Å². The Morgan fingerprint density at radius 3 is 2.22 bits per heavy atom. The first-order chi connectivity index (χ1) is 12.8. The number of benzene rings is 1. The highest BCUT2D eigenvalue weighted by atomic mass is 16.4. The predicted molar refractivity (Wildman–Crippen MR) is 99.0 cm³/mol. The Bertz CT molecular complexity index is 661. The van der Waals surface area contributed by atoms with Crippen molar-refractivity contribution >= 4 is 17.9 Å². The molecular formula is C19H27N3O5. The number of rotatable bonds is 9. The lowest BCUT2D eigenvalue weighted by atomic mass is 9.98. The standard InChI is InChI=1S/C19H27N3O5/c1-11(2)15(22-19(26)27)17(24)21-14(10-12-6-4-3-5-7-12)16(23)18(25)20-13-8-9-13/h3-7,11,13-16,22-23H,8-10H2,1-2H3,(H,20,25)(H,21,24)(H,26,27). The van der Waals surface area contributed by atoms with E-state index < -0.39 is 36.1 Å². The van der Waals surface area contributed by atoms with Gasteiger partial charge in [0, 0.05) is 6.04 Å². The average Bonchev–Trinajstić information content (AvgIpc) is 3.42. The molecule has 5 N–H and O–H groups in total. The molecule has 1 saturated carbocycles. The second kappa shape index (κ2) is 9.36. The van der Waals surface area contributed by atoms with Gasteiger partial charge in [-0.1, -0.05) is 44.2 Å². The molecule has 2 rings (SSSR count). The van der Waals surface area contributed by atoms with E-state index >= 15 is 0 Å². The van der Waals surface area contributed by atoms with Gasteiger partial charge in [0.25, 0.3) is 5.91 Å². The van der Waals surface area contributed by atoms with Crippen molar-refractivity contribution in [1.29, 1.82) is 0 Å². The number of carboxylic acid groups (broad SMARTS) is 1. The third-order valence-electron chi connectivity index (χ3n) is 4.43. The van der Waals surface area contributed by atoms with Crippen molar-refractivity contribution in [3.05, 3.63) is 35.9 Å². The Hall–Kier alpha value is -2.61. The number of amides is 3. The molecule has 0 heterocycles. The lowest BCUT2D eigenvalue weighted by molar-refractivity contribution is -0.133. The first-order valence-electron chi connectivity index (χ1n) is 9.10. The van der Waals surface area contributed by atoms with Gasteiger partial charge in [-0.15, -0.1) is 0 Å². The van der Waals surface area contributed by atoms with Crippen LogP contribution in [0.5, 0.6) is 0 Å². The van der Waals surface area contributed by atoms with Crippen LogP contribution in [0.15, 0.2) is 30.3 Å². The molecule has 1 aliphatic carbocycles. The first kappa shape index (κ1) is 20.7. The number of carbonyl (C=O) groups is 3. The zero-order chi connectivity index (χ0) is 20.0. The predicted octanol–water partition coefficient (Wildman–Crippen LogP) is 0.646. The van der Waals surface area contributed by atoms with Crippen molar-refractivity contribution < 1.29 is 24.6 Å². The molecule has 3 amide bonds. The SMILES string of the molecule is CC(C)C(NC(=O)O)C(=O)NC(Cc1ccccc1)C(O)C(=O)NC1CC1. The molecule has 148 valence electrons. The summed E-state index contributed by atoms with van der Waals surface area (Å²) >= 11 is 0. The first-order valence-corrected chi connectivity index (χ1v) is 9.10. The molecule has 8 heteroatoms. The van der Waals surface area contributed by atoms with Crippen LogP contribution in [0.1, 0.15) is 32.3 Å². The molecule has 3 unspecified atom stereocenters. The van der Waals surface area contributed by atoms with E-state index in [-0.39, 0.29) is 18.4 Å². The van der Waals surface area contributed by atoms with E-state index in [0.29, 0.717) is 0 Å². The molecule has 27 heavy (non-hydrogen) atoms. The molecule has 8 nitrogen and oxygen atoms in total. The lowest BCUT2D eigenvalue weighted by Crippen LogP contribution is -2.57. The van der Waals surface area contributed by atoms with Gasteiger partial charge in [0.05, 0.1) is 6.04 Å². The smallest absolute Gasteiger partial charge is 0.405 e. The third kappa shape index (κ3) is 6.56. The molecule has 3 atom stereocenters. The zero-order valence-electron chi connectivity index (χ0n) is 15.5. The van der Waals surface area contributed by atoms with Crippen LogP contribution in [0.25, 0.3) is 0 Å². The lowest BCUT2D eigenvalue weighted by Gasteiger charge is -2.27. The Morgan fingerprint density at radius 1 is 1.07 bits per heavy atom. The summed E-state index contributed by atoms with van der Waals surface area (Å²) in [6.07, 6.45) is -0.745. The minimum atomic E-state index is -1.44. The van der Waals surface area contributed by atoms with Gasteiger partial charge >= 0.3 is 6.09 Å². The summed E-state index contributed by atoms with van der Waals surface area (Å²) in [5.41, 5.74) is 0.841. The van der Waals surface area contributed by atoms with E-state index in [0.717, 1.165) is 18.4 Å². The minimum Gasteiger partial charge on any atom is -0.465 e. The van der Waals surface area contributed by atoms with Crippen LogP contribution in [0.4, 0.5) is 4.79 Å². The van der Waals surface area contributed by atoms with Crippen molar-refractivity contribution in [3.63, 3.8) is 0 Å². The summed E-state index contributed by atoms with van der Waals surface area (Å²) in [5, 5.41) is 27.0. The fraction of sp³-hybridized carbons (Fsp3) is 0.526. The van der Waals surface area contributed by atoms with Gasteiger partial charge in [-0.2, -0.15) is 0 Å². The number of hydrogen-bond donors (Lipinski definition) is 5. The van der Waals surface area contributed by atoms with E-state index in [1.165, 1.54) is 0 Å². The van der Waals surface area contributed by atoms with Gasteiger partial charge in [0.2, 0.25) is 5.91 Å². The maximum Gasteiger partial charge on any atom is 0.405 e. The maximum atomic E-state index is 12.6. The summed E-state index contributed by atoms with van der Waals surface area (Å²) in [5.74, 6) is -1.41. The monoisotopic (exact) mass is 377 g/mol. The number of carbonyl (C=O) groups excluding carboxylic acids is 2. The van der Waals surface area contributed by atoms with E-state index in [4.69, 9.17) is 5.11 Å². The molecule has 0 aromatic heterocycles. The second-order valence-electron chi connectivity index (χ2n) is 7.20. The summed E-state index contributed by atoms with van der Waals surface area (Å²) < 4.78 is 0. The van der Waals surface area contributed by atoms with Crippen molar-refractivity contribution in [2.24, 2.45) is 5.92 Å². The van der Waals surface area contributed by atoms with Gasteiger partial charge < -0.3 is 26.2 Å². The van der Waals surface area contributed by atoms with Gasteiger partial charge in [0.1, 0.15) is 6.04 Å². The Morgan fingerprint density at radius 2 is 1.70 bits per heavy atom. The molecule has 0 spiro atoms. The minimum absolute atomic E-state index is 0.0808. The Labute approximate surface area is 158 Å². The molecule has 1 aromatic rings. The van der Waals surface area contributed by atoms with Crippen molar-refractivity contribution in [1.82, 2.24) is 16.0 Å². The zero-order valence-corrected chi connectivity index (χ0v) is 15.5. The van der Waals surface area contributed by atoms with Crippen LogP contribution in [-0.4, -0.2) is 52.4 Å². The van der Waals surface area contributed by atoms with E-state index in [9.17, 15) is 19.5 Å². The van der Waals surface area contributed by atoms with Gasteiger partial charge in [-0.25, -0.2) is 4.79 Å². The summed E-state index contributed by atoms with van der Waals surface area (Å²) in [4.78, 5) is 35.8. The maximum absolute atomic E-state index is 12.6. The highest BCUT2D eigenvalue weighted by Crippen LogP contribution is 2.19. The number of hydrogen-bond acceptors (Lipinski definition) is 4. The van der Waals surface area contributed by atoms with Gasteiger partial charge in [-0.05, 0) is 30.7 Å². The number of aliphatic hydroxyl groups is 1. The molecule has 1 fully saturated rings. The molecule has 0 aliphatic heterocycles. The highest BCUT2D eigenvalue weighted by Gasteiger charge is 2.34. The topological polar surface area (TPSA) is 128 Å². The van der Waals surface area contributed by atoms with Crippen LogP contribution in [0.3, 0.4) is 0 Å². The molecule has 1 aromatic carbocycles. The van der Waals surface area contributed by atoms with Crippen LogP contribution in [0, 0.1) is 5.92 Å². The molecular weight excluding hydrogens is 350 g/mol. The molecule has 0 saturated heterocycles.